The highest BCUT2D eigenvalue weighted by Gasteiger charge is 2.31. The van der Waals surface area contributed by atoms with Crippen LogP contribution in [0.4, 0.5) is 13.2 Å². The summed E-state index contributed by atoms with van der Waals surface area (Å²) in [5.41, 5.74) is -1.06. The molecule has 0 unspecified atom stereocenters. The molecule has 19 heavy (non-hydrogen) atoms. The first-order valence-corrected chi connectivity index (χ1v) is 5.65. The fourth-order valence-electron chi connectivity index (χ4n) is 1.26. The molecule has 0 saturated heterocycles. The molecule has 0 N–H and O–H groups in total. The monoisotopic (exact) mass is 291 g/mol. The summed E-state index contributed by atoms with van der Waals surface area (Å²) < 4.78 is 42.9. The number of hydrogen-bond acceptors (Lipinski definition) is 3. The summed E-state index contributed by atoms with van der Waals surface area (Å²) in [4.78, 5) is 12.9. The third-order valence-corrected chi connectivity index (χ3v) is 2.70. The molecule has 0 atom stereocenters. The van der Waals surface area contributed by atoms with Crippen molar-refractivity contribution in [2.24, 2.45) is 0 Å². The standard InChI is InChI=1S/C12H12F3NO2S/c1-7(17)9-6-8(12(13,14)15)4-5-10(9)18-11(19)16(2)3/h4-6H,1-3H3. The van der Waals surface area contributed by atoms with Crippen LogP contribution in [0.5, 0.6) is 5.75 Å². The number of halogens is 3. The Labute approximate surface area is 114 Å². The molecule has 0 heterocycles. The zero-order valence-corrected chi connectivity index (χ0v) is 11.4. The van der Waals surface area contributed by atoms with Gasteiger partial charge in [-0.1, -0.05) is 0 Å². The summed E-state index contributed by atoms with van der Waals surface area (Å²) in [5, 5.41) is 0.0576. The highest BCUT2D eigenvalue weighted by atomic mass is 32.1. The van der Waals surface area contributed by atoms with Gasteiger partial charge >= 0.3 is 6.18 Å². The van der Waals surface area contributed by atoms with E-state index < -0.39 is 17.5 Å². The van der Waals surface area contributed by atoms with E-state index in [2.05, 4.69) is 0 Å². The van der Waals surface area contributed by atoms with E-state index in [0.717, 1.165) is 18.2 Å². The molecule has 1 rings (SSSR count). The molecule has 0 radical (unpaired) electrons. The molecule has 0 aliphatic carbocycles. The number of ether oxygens (including phenoxy) is 1. The summed E-state index contributed by atoms with van der Waals surface area (Å²) in [6.45, 7) is 1.17. The first kappa shape index (κ1) is 15.4. The van der Waals surface area contributed by atoms with Crippen molar-refractivity contribution in [3.05, 3.63) is 29.3 Å². The van der Waals surface area contributed by atoms with Crippen LogP contribution in [0.3, 0.4) is 0 Å². The van der Waals surface area contributed by atoms with Gasteiger partial charge < -0.3 is 9.64 Å². The number of carbonyl (C=O) groups is 1. The summed E-state index contributed by atoms with van der Waals surface area (Å²) in [5.74, 6) is -0.512. The molecule has 1 aromatic carbocycles. The first-order chi connectivity index (χ1) is 8.62. The van der Waals surface area contributed by atoms with Gasteiger partial charge in [0.15, 0.2) is 5.78 Å². The maximum Gasteiger partial charge on any atom is 0.416 e. The number of Topliss-reactive ketones (excluding diaryl/α,β-unsaturated/α-hetero) is 1. The molecule has 0 spiro atoms. The smallest absolute Gasteiger partial charge is 0.416 e. The Morgan fingerprint density at radius 2 is 1.89 bits per heavy atom. The van der Waals surface area contributed by atoms with Crippen molar-refractivity contribution in [2.45, 2.75) is 13.1 Å². The molecule has 0 aliphatic rings. The maximum atomic E-state index is 12.6. The third kappa shape index (κ3) is 3.92. The summed E-state index contributed by atoms with van der Waals surface area (Å²) in [6, 6.07) is 2.70. The van der Waals surface area contributed by atoms with Gasteiger partial charge in [0.05, 0.1) is 11.1 Å². The van der Waals surface area contributed by atoms with Crippen molar-refractivity contribution in [2.75, 3.05) is 14.1 Å². The molecule has 7 heteroatoms. The topological polar surface area (TPSA) is 29.5 Å². The van der Waals surface area contributed by atoms with Gasteiger partial charge in [-0.25, -0.2) is 0 Å². The van der Waals surface area contributed by atoms with E-state index in [4.69, 9.17) is 17.0 Å². The van der Waals surface area contributed by atoms with Gasteiger partial charge in [0, 0.05) is 14.1 Å². The van der Waals surface area contributed by atoms with E-state index in [1.54, 1.807) is 14.1 Å². The van der Waals surface area contributed by atoms with Crippen molar-refractivity contribution in [1.29, 1.82) is 0 Å². The highest BCUT2D eigenvalue weighted by Crippen LogP contribution is 2.32. The van der Waals surface area contributed by atoms with Crippen LogP contribution in [-0.4, -0.2) is 30.0 Å². The maximum absolute atomic E-state index is 12.6. The Bertz CT molecular complexity index is 512. The van der Waals surface area contributed by atoms with Crippen LogP contribution in [0.2, 0.25) is 0 Å². The number of hydrogen-bond donors (Lipinski definition) is 0. The van der Waals surface area contributed by atoms with Crippen LogP contribution in [0.15, 0.2) is 18.2 Å². The predicted molar refractivity (Wildman–Crippen MR) is 68.4 cm³/mol. The number of alkyl halides is 3. The van der Waals surface area contributed by atoms with Gasteiger partial charge in [-0.05, 0) is 37.3 Å². The van der Waals surface area contributed by atoms with E-state index in [1.165, 1.54) is 11.8 Å². The van der Waals surface area contributed by atoms with Gasteiger partial charge in [-0.3, -0.25) is 4.79 Å². The molecule has 0 aromatic heterocycles. The van der Waals surface area contributed by atoms with Crippen molar-refractivity contribution in [1.82, 2.24) is 4.90 Å². The number of thiocarbonyl (C=S) groups is 1. The van der Waals surface area contributed by atoms with Crippen molar-refractivity contribution in [3.63, 3.8) is 0 Å². The second-order valence-electron chi connectivity index (χ2n) is 4.03. The van der Waals surface area contributed by atoms with Crippen molar-refractivity contribution < 1.29 is 22.7 Å². The van der Waals surface area contributed by atoms with Crippen LogP contribution in [0.1, 0.15) is 22.8 Å². The predicted octanol–water partition coefficient (Wildman–Crippen LogP) is 3.13. The normalized spacial score (nSPS) is 11.1. The second-order valence-corrected chi connectivity index (χ2v) is 4.38. The Morgan fingerprint density at radius 3 is 2.32 bits per heavy atom. The first-order valence-electron chi connectivity index (χ1n) is 5.24. The molecule has 1 aromatic rings. The Hall–Kier alpha value is -1.63. The lowest BCUT2D eigenvalue weighted by atomic mass is 10.1. The second kappa shape index (κ2) is 5.56. The number of nitrogens with zero attached hydrogens (tertiary/aromatic N) is 1. The molecule has 0 amide bonds. The van der Waals surface area contributed by atoms with E-state index in [0.29, 0.717) is 0 Å². The summed E-state index contributed by atoms with van der Waals surface area (Å²) in [7, 11) is 3.25. The summed E-state index contributed by atoms with van der Waals surface area (Å²) >= 11 is 4.88. The van der Waals surface area contributed by atoms with Gasteiger partial charge in [0.25, 0.3) is 5.17 Å². The Kier molecular flexibility index (Phi) is 4.52. The van der Waals surface area contributed by atoms with Crippen molar-refractivity contribution >= 4 is 23.2 Å². The van der Waals surface area contributed by atoms with Crippen LogP contribution >= 0.6 is 12.2 Å². The van der Waals surface area contributed by atoms with Gasteiger partial charge in [0.2, 0.25) is 0 Å². The van der Waals surface area contributed by atoms with E-state index >= 15 is 0 Å². The minimum Gasteiger partial charge on any atom is -0.431 e. The molecule has 3 nitrogen and oxygen atoms in total. The number of rotatable bonds is 2. The number of benzene rings is 1. The fourth-order valence-corrected chi connectivity index (χ4v) is 1.35. The molecule has 0 bridgehead atoms. The number of carbonyl (C=O) groups excluding carboxylic acids is 1. The minimum absolute atomic E-state index is 0.0131. The van der Waals surface area contributed by atoms with Crippen LogP contribution in [-0.2, 0) is 6.18 Å². The van der Waals surface area contributed by atoms with Crippen LogP contribution in [0.25, 0.3) is 0 Å². The lowest BCUT2D eigenvalue weighted by molar-refractivity contribution is -0.137. The molecule has 104 valence electrons. The number of ketones is 1. The average molecular weight is 291 g/mol. The molecule has 0 aliphatic heterocycles. The summed E-state index contributed by atoms with van der Waals surface area (Å²) in [6.07, 6.45) is -4.51. The zero-order chi connectivity index (χ0) is 14.8. The highest BCUT2D eigenvalue weighted by molar-refractivity contribution is 7.80. The Balaban J connectivity index is 3.20. The lowest BCUT2D eigenvalue weighted by Crippen LogP contribution is -2.25. The SMILES string of the molecule is CC(=O)c1cc(C(F)(F)F)ccc1OC(=S)N(C)C. The fraction of sp³-hybridized carbons (Fsp3) is 0.333. The van der Waals surface area contributed by atoms with Gasteiger partial charge in [0.1, 0.15) is 5.75 Å². The lowest BCUT2D eigenvalue weighted by Gasteiger charge is -2.16. The van der Waals surface area contributed by atoms with E-state index in [9.17, 15) is 18.0 Å². The van der Waals surface area contributed by atoms with E-state index in [1.807, 2.05) is 0 Å². The van der Waals surface area contributed by atoms with Gasteiger partial charge in [-0.2, -0.15) is 13.2 Å². The largest absolute Gasteiger partial charge is 0.431 e. The minimum atomic E-state index is -4.51. The molecule has 0 fully saturated rings. The average Bonchev–Trinajstić information content (AvgIpc) is 2.27. The van der Waals surface area contributed by atoms with Crippen LogP contribution in [0, 0.1) is 0 Å². The van der Waals surface area contributed by atoms with Crippen molar-refractivity contribution in [3.8, 4) is 5.75 Å². The molecular weight excluding hydrogens is 279 g/mol. The third-order valence-electron chi connectivity index (χ3n) is 2.25. The van der Waals surface area contributed by atoms with E-state index in [-0.39, 0.29) is 16.5 Å². The quantitative estimate of drug-likeness (QED) is 0.618. The Morgan fingerprint density at radius 1 is 1.32 bits per heavy atom. The zero-order valence-electron chi connectivity index (χ0n) is 10.5. The van der Waals surface area contributed by atoms with Gasteiger partial charge in [-0.15, -0.1) is 0 Å². The van der Waals surface area contributed by atoms with Crippen LogP contribution < -0.4 is 4.74 Å². The molecule has 0 saturated carbocycles. The molecular formula is C12H12F3NO2S.